The first-order valence-corrected chi connectivity index (χ1v) is 4.81. The molecule has 64 valence electrons. The highest BCUT2D eigenvalue weighted by Gasteiger charge is 2.14. The Balaban J connectivity index is 2.75. The van der Waals surface area contributed by atoms with Gasteiger partial charge in [-0.25, -0.2) is 0 Å². The first-order chi connectivity index (χ1) is 5.75. The number of hydrogen-bond acceptors (Lipinski definition) is 3. The van der Waals surface area contributed by atoms with Crippen LogP contribution in [-0.2, 0) is 0 Å². The van der Waals surface area contributed by atoms with E-state index in [-0.39, 0.29) is 6.04 Å². The standard InChI is InChI=1S/C9H12N2S/c1-7(2)9(11-6-10)8-4-3-5-12-8/h3-5,7,9,11H,1-2H3. The van der Waals surface area contributed by atoms with Gasteiger partial charge in [0.25, 0.3) is 0 Å². The van der Waals surface area contributed by atoms with Crippen LogP contribution < -0.4 is 5.32 Å². The van der Waals surface area contributed by atoms with E-state index in [2.05, 4.69) is 25.2 Å². The van der Waals surface area contributed by atoms with Crippen molar-refractivity contribution >= 4 is 11.3 Å². The molecule has 3 heteroatoms. The summed E-state index contributed by atoms with van der Waals surface area (Å²) in [4.78, 5) is 1.23. The number of thiophene rings is 1. The summed E-state index contributed by atoms with van der Waals surface area (Å²) in [5, 5.41) is 13.4. The summed E-state index contributed by atoms with van der Waals surface area (Å²) in [6.45, 7) is 4.21. The molecule has 0 amide bonds. The van der Waals surface area contributed by atoms with E-state index in [1.165, 1.54) is 4.88 Å². The molecule has 1 rings (SSSR count). The summed E-state index contributed by atoms with van der Waals surface area (Å²) >= 11 is 1.69. The molecule has 0 saturated carbocycles. The Labute approximate surface area is 76.8 Å². The third kappa shape index (κ3) is 1.99. The van der Waals surface area contributed by atoms with Crippen LogP contribution in [0.25, 0.3) is 0 Å². The summed E-state index contributed by atoms with van der Waals surface area (Å²) in [5.74, 6) is 0.448. The van der Waals surface area contributed by atoms with E-state index in [1.807, 2.05) is 17.6 Å². The van der Waals surface area contributed by atoms with Gasteiger partial charge >= 0.3 is 0 Å². The number of nitrogens with one attached hydrogen (secondary N) is 1. The Kier molecular flexibility index (Phi) is 3.12. The molecule has 12 heavy (non-hydrogen) atoms. The summed E-state index contributed by atoms with van der Waals surface area (Å²) in [7, 11) is 0. The second-order valence-corrected chi connectivity index (χ2v) is 3.97. The molecule has 1 aromatic rings. The van der Waals surface area contributed by atoms with Crippen molar-refractivity contribution in [3.63, 3.8) is 0 Å². The fourth-order valence-electron chi connectivity index (χ4n) is 1.10. The molecule has 0 aromatic carbocycles. The average Bonchev–Trinajstić information content (AvgIpc) is 2.51. The van der Waals surface area contributed by atoms with Gasteiger partial charge in [-0.1, -0.05) is 19.9 Å². The van der Waals surface area contributed by atoms with E-state index in [0.29, 0.717) is 5.92 Å². The minimum Gasteiger partial charge on any atom is -0.315 e. The maximum absolute atomic E-state index is 8.53. The monoisotopic (exact) mass is 180 g/mol. The summed E-state index contributed by atoms with van der Waals surface area (Å²) in [5.41, 5.74) is 0. The maximum Gasteiger partial charge on any atom is 0.177 e. The summed E-state index contributed by atoms with van der Waals surface area (Å²) in [6.07, 6.45) is 1.99. The smallest absolute Gasteiger partial charge is 0.177 e. The lowest BCUT2D eigenvalue weighted by atomic mass is 10.0. The zero-order valence-corrected chi connectivity index (χ0v) is 8.06. The van der Waals surface area contributed by atoms with Crippen LogP contribution in [0.2, 0.25) is 0 Å². The molecule has 0 fully saturated rings. The minimum absolute atomic E-state index is 0.176. The first-order valence-electron chi connectivity index (χ1n) is 3.93. The molecule has 1 atom stereocenters. The van der Waals surface area contributed by atoms with E-state index in [4.69, 9.17) is 5.26 Å². The predicted octanol–water partition coefficient (Wildman–Crippen LogP) is 2.52. The molecule has 0 radical (unpaired) electrons. The van der Waals surface area contributed by atoms with Crippen LogP contribution in [-0.4, -0.2) is 0 Å². The van der Waals surface area contributed by atoms with Crippen LogP contribution in [0.1, 0.15) is 24.8 Å². The number of hydrogen-bond donors (Lipinski definition) is 1. The second kappa shape index (κ2) is 4.13. The number of nitriles is 1. The lowest BCUT2D eigenvalue weighted by Crippen LogP contribution is -2.19. The van der Waals surface area contributed by atoms with Crippen LogP contribution >= 0.6 is 11.3 Å². The van der Waals surface area contributed by atoms with E-state index >= 15 is 0 Å². The van der Waals surface area contributed by atoms with Gasteiger partial charge in [0.2, 0.25) is 0 Å². The zero-order chi connectivity index (χ0) is 8.97. The van der Waals surface area contributed by atoms with Gasteiger partial charge in [-0.3, -0.25) is 0 Å². The quantitative estimate of drug-likeness (QED) is 0.573. The molecule has 2 nitrogen and oxygen atoms in total. The summed E-state index contributed by atoms with van der Waals surface area (Å²) in [6, 6.07) is 4.24. The SMILES string of the molecule is CC(C)C(NC#N)c1cccs1. The van der Waals surface area contributed by atoms with Crippen LogP contribution in [0.4, 0.5) is 0 Å². The van der Waals surface area contributed by atoms with E-state index in [0.717, 1.165) is 0 Å². The van der Waals surface area contributed by atoms with Crippen molar-refractivity contribution in [2.75, 3.05) is 0 Å². The van der Waals surface area contributed by atoms with Crippen LogP contribution in [0.15, 0.2) is 17.5 Å². The van der Waals surface area contributed by atoms with Crippen molar-refractivity contribution in [1.29, 1.82) is 5.26 Å². The second-order valence-electron chi connectivity index (χ2n) is 2.99. The molecule has 0 saturated heterocycles. The van der Waals surface area contributed by atoms with Crippen molar-refractivity contribution in [1.82, 2.24) is 5.32 Å². The first kappa shape index (κ1) is 9.08. The van der Waals surface area contributed by atoms with Gasteiger partial charge in [0, 0.05) is 4.88 Å². The van der Waals surface area contributed by atoms with Gasteiger partial charge in [0.15, 0.2) is 6.19 Å². The van der Waals surface area contributed by atoms with Crippen molar-refractivity contribution in [2.24, 2.45) is 5.92 Å². The fraction of sp³-hybridized carbons (Fsp3) is 0.444. The van der Waals surface area contributed by atoms with Crippen molar-refractivity contribution < 1.29 is 0 Å². The third-order valence-corrected chi connectivity index (χ3v) is 2.69. The molecule has 1 unspecified atom stereocenters. The maximum atomic E-state index is 8.53. The molecule has 1 N–H and O–H groups in total. The average molecular weight is 180 g/mol. The Hall–Kier alpha value is -1.01. The molecule has 0 aliphatic carbocycles. The highest BCUT2D eigenvalue weighted by molar-refractivity contribution is 7.10. The Bertz CT molecular complexity index is 259. The van der Waals surface area contributed by atoms with Gasteiger partial charge in [-0.2, -0.15) is 5.26 Å². The predicted molar refractivity (Wildman–Crippen MR) is 50.6 cm³/mol. The van der Waals surface area contributed by atoms with Crippen molar-refractivity contribution in [3.05, 3.63) is 22.4 Å². The molecule has 0 bridgehead atoms. The Morgan fingerprint density at radius 3 is 2.75 bits per heavy atom. The van der Waals surface area contributed by atoms with E-state index in [1.54, 1.807) is 11.3 Å². The largest absolute Gasteiger partial charge is 0.315 e. The molecule has 1 aromatic heterocycles. The Morgan fingerprint density at radius 1 is 1.58 bits per heavy atom. The van der Waals surface area contributed by atoms with Gasteiger partial charge in [0.1, 0.15) is 0 Å². The van der Waals surface area contributed by atoms with Crippen LogP contribution in [0.3, 0.4) is 0 Å². The van der Waals surface area contributed by atoms with Crippen molar-refractivity contribution in [3.8, 4) is 6.19 Å². The topological polar surface area (TPSA) is 35.8 Å². The van der Waals surface area contributed by atoms with Gasteiger partial charge < -0.3 is 5.32 Å². The van der Waals surface area contributed by atoms with E-state index in [9.17, 15) is 0 Å². The molecular formula is C9H12N2S. The van der Waals surface area contributed by atoms with Crippen LogP contribution in [0, 0.1) is 17.4 Å². The number of nitrogens with zero attached hydrogens (tertiary/aromatic N) is 1. The van der Waals surface area contributed by atoms with Gasteiger partial charge in [0.05, 0.1) is 6.04 Å². The normalized spacial score (nSPS) is 12.5. The molecule has 0 aliphatic rings. The molecule has 0 spiro atoms. The highest BCUT2D eigenvalue weighted by atomic mass is 32.1. The fourth-order valence-corrected chi connectivity index (χ4v) is 2.05. The third-order valence-electron chi connectivity index (χ3n) is 1.74. The molecular weight excluding hydrogens is 168 g/mol. The molecule has 0 aliphatic heterocycles. The van der Waals surface area contributed by atoms with Gasteiger partial charge in [-0.15, -0.1) is 11.3 Å². The minimum atomic E-state index is 0.176. The van der Waals surface area contributed by atoms with Gasteiger partial charge in [-0.05, 0) is 17.4 Å². The lowest BCUT2D eigenvalue weighted by molar-refractivity contribution is 0.470. The summed E-state index contributed by atoms with van der Waals surface area (Å²) < 4.78 is 0. The zero-order valence-electron chi connectivity index (χ0n) is 7.24. The van der Waals surface area contributed by atoms with E-state index < -0.39 is 0 Å². The van der Waals surface area contributed by atoms with Crippen LogP contribution in [0.5, 0.6) is 0 Å². The highest BCUT2D eigenvalue weighted by Crippen LogP contribution is 2.25. The number of rotatable bonds is 3. The lowest BCUT2D eigenvalue weighted by Gasteiger charge is -2.16. The Morgan fingerprint density at radius 2 is 2.33 bits per heavy atom. The molecule has 1 heterocycles. The van der Waals surface area contributed by atoms with Crippen molar-refractivity contribution in [2.45, 2.75) is 19.9 Å².